The first-order chi connectivity index (χ1) is 8.60. The fraction of sp³-hybridized carbons (Fsp3) is 0.417. The SMILES string of the molecule is COC(=O)CCC1CNc2cc(Br)c(Cl)cc2O1. The summed E-state index contributed by atoms with van der Waals surface area (Å²) < 4.78 is 11.2. The predicted molar refractivity (Wildman–Crippen MR) is 73.3 cm³/mol. The van der Waals surface area contributed by atoms with E-state index in [-0.39, 0.29) is 12.1 Å². The minimum Gasteiger partial charge on any atom is -0.486 e. The van der Waals surface area contributed by atoms with Crippen molar-refractivity contribution in [3.8, 4) is 5.75 Å². The molecule has 0 bridgehead atoms. The molecule has 1 aromatic rings. The number of ether oxygens (including phenoxy) is 2. The number of rotatable bonds is 3. The molecule has 0 radical (unpaired) electrons. The molecule has 0 saturated heterocycles. The van der Waals surface area contributed by atoms with Crippen LogP contribution in [0.4, 0.5) is 5.69 Å². The van der Waals surface area contributed by atoms with Crippen molar-refractivity contribution in [3.63, 3.8) is 0 Å². The van der Waals surface area contributed by atoms with E-state index in [2.05, 4.69) is 26.0 Å². The summed E-state index contributed by atoms with van der Waals surface area (Å²) in [4.78, 5) is 11.1. The molecule has 1 atom stereocenters. The lowest BCUT2D eigenvalue weighted by Crippen LogP contribution is -2.31. The highest BCUT2D eigenvalue weighted by Gasteiger charge is 2.21. The topological polar surface area (TPSA) is 47.6 Å². The van der Waals surface area contributed by atoms with Crippen LogP contribution in [0.15, 0.2) is 16.6 Å². The summed E-state index contributed by atoms with van der Waals surface area (Å²) in [6.45, 7) is 0.665. The van der Waals surface area contributed by atoms with Crippen molar-refractivity contribution in [1.82, 2.24) is 0 Å². The fourth-order valence-corrected chi connectivity index (χ4v) is 2.25. The first-order valence-corrected chi connectivity index (χ1v) is 6.73. The van der Waals surface area contributed by atoms with Gasteiger partial charge in [-0.15, -0.1) is 0 Å². The molecule has 18 heavy (non-hydrogen) atoms. The van der Waals surface area contributed by atoms with Gasteiger partial charge in [0.1, 0.15) is 11.9 Å². The minimum absolute atomic E-state index is 0.0474. The summed E-state index contributed by atoms with van der Waals surface area (Å²) in [6, 6.07) is 3.65. The Morgan fingerprint density at radius 1 is 1.67 bits per heavy atom. The molecular formula is C12H13BrClNO3. The van der Waals surface area contributed by atoms with Crippen molar-refractivity contribution in [2.24, 2.45) is 0 Å². The van der Waals surface area contributed by atoms with Crippen molar-refractivity contribution in [1.29, 1.82) is 0 Å². The van der Waals surface area contributed by atoms with Crippen LogP contribution in [0, 0.1) is 0 Å². The highest BCUT2D eigenvalue weighted by Crippen LogP contribution is 2.37. The first kappa shape index (κ1) is 13.5. The van der Waals surface area contributed by atoms with Gasteiger partial charge in [0.2, 0.25) is 0 Å². The van der Waals surface area contributed by atoms with Crippen LogP contribution in [0.3, 0.4) is 0 Å². The molecule has 0 fully saturated rings. The lowest BCUT2D eigenvalue weighted by atomic mass is 10.1. The van der Waals surface area contributed by atoms with Gasteiger partial charge in [0.15, 0.2) is 0 Å². The van der Waals surface area contributed by atoms with Gasteiger partial charge in [0.05, 0.1) is 24.4 Å². The predicted octanol–water partition coefficient (Wildman–Crippen LogP) is 3.23. The normalized spacial score (nSPS) is 17.4. The number of carbonyl (C=O) groups is 1. The summed E-state index contributed by atoms with van der Waals surface area (Å²) in [5, 5.41) is 3.86. The first-order valence-electron chi connectivity index (χ1n) is 5.56. The van der Waals surface area contributed by atoms with E-state index in [9.17, 15) is 4.79 Å². The van der Waals surface area contributed by atoms with Crippen molar-refractivity contribution in [2.45, 2.75) is 18.9 Å². The number of nitrogens with one attached hydrogen (secondary N) is 1. The number of methoxy groups -OCH3 is 1. The quantitative estimate of drug-likeness (QED) is 0.862. The number of benzene rings is 1. The van der Waals surface area contributed by atoms with Gasteiger partial charge in [-0.05, 0) is 28.4 Å². The van der Waals surface area contributed by atoms with E-state index in [0.717, 1.165) is 10.2 Å². The Hall–Kier alpha value is -0.940. The van der Waals surface area contributed by atoms with Crippen molar-refractivity contribution in [3.05, 3.63) is 21.6 Å². The Labute approximate surface area is 119 Å². The molecule has 1 unspecified atom stereocenters. The zero-order valence-electron chi connectivity index (χ0n) is 9.83. The third-order valence-corrected chi connectivity index (χ3v) is 3.93. The summed E-state index contributed by atoms with van der Waals surface area (Å²) in [5.41, 5.74) is 0.903. The van der Waals surface area contributed by atoms with E-state index in [0.29, 0.717) is 30.2 Å². The van der Waals surface area contributed by atoms with E-state index < -0.39 is 0 Å². The van der Waals surface area contributed by atoms with Crippen LogP contribution in [0.2, 0.25) is 5.02 Å². The second kappa shape index (κ2) is 5.80. The van der Waals surface area contributed by atoms with E-state index in [1.54, 1.807) is 6.07 Å². The number of halogens is 2. The molecule has 1 aromatic carbocycles. The summed E-state index contributed by atoms with van der Waals surface area (Å²) in [7, 11) is 1.38. The van der Waals surface area contributed by atoms with Crippen molar-refractivity contribution in [2.75, 3.05) is 19.0 Å². The molecule has 98 valence electrons. The van der Waals surface area contributed by atoms with Crippen LogP contribution < -0.4 is 10.1 Å². The minimum atomic E-state index is -0.224. The monoisotopic (exact) mass is 333 g/mol. The van der Waals surface area contributed by atoms with Gasteiger partial charge in [-0.1, -0.05) is 11.6 Å². The van der Waals surface area contributed by atoms with Crippen LogP contribution in [0.5, 0.6) is 5.75 Å². The van der Waals surface area contributed by atoms with E-state index in [1.807, 2.05) is 6.07 Å². The van der Waals surface area contributed by atoms with Crippen LogP contribution >= 0.6 is 27.5 Å². The number of carbonyl (C=O) groups excluding carboxylic acids is 1. The molecule has 1 aliphatic rings. The molecule has 0 spiro atoms. The molecule has 0 aromatic heterocycles. The maximum absolute atomic E-state index is 11.1. The molecule has 0 amide bonds. The molecule has 1 aliphatic heterocycles. The molecule has 1 N–H and O–H groups in total. The van der Waals surface area contributed by atoms with Gasteiger partial charge in [-0.25, -0.2) is 0 Å². The molecule has 4 nitrogen and oxygen atoms in total. The average Bonchev–Trinajstić information content (AvgIpc) is 2.37. The third kappa shape index (κ3) is 3.09. The van der Waals surface area contributed by atoms with Gasteiger partial charge in [0, 0.05) is 17.0 Å². The highest BCUT2D eigenvalue weighted by molar-refractivity contribution is 9.10. The van der Waals surface area contributed by atoms with Gasteiger partial charge in [-0.3, -0.25) is 4.79 Å². The lowest BCUT2D eigenvalue weighted by molar-refractivity contribution is -0.141. The highest BCUT2D eigenvalue weighted by atomic mass is 79.9. The number of hydrogen-bond acceptors (Lipinski definition) is 4. The zero-order chi connectivity index (χ0) is 13.1. The molecule has 0 saturated carbocycles. The summed E-state index contributed by atoms with van der Waals surface area (Å²) >= 11 is 9.37. The fourth-order valence-electron chi connectivity index (χ4n) is 1.75. The second-order valence-electron chi connectivity index (χ2n) is 4.00. The average molecular weight is 335 g/mol. The molecular weight excluding hydrogens is 321 g/mol. The van der Waals surface area contributed by atoms with E-state index >= 15 is 0 Å². The van der Waals surface area contributed by atoms with Crippen LogP contribution in [0.25, 0.3) is 0 Å². The summed E-state index contributed by atoms with van der Waals surface area (Å²) in [5.74, 6) is 0.488. The molecule has 1 heterocycles. The van der Waals surface area contributed by atoms with E-state index in [4.69, 9.17) is 16.3 Å². The van der Waals surface area contributed by atoms with Crippen molar-refractivity contribution < 1.29 is 14.3 Å². The third-order valence-electron chi connectivity index (χ3n) is 2.73. The van der Waals surface area contributed by atoms with Gasteiger partial charge < -0.3 is 14.8 Å². The molecule has 0 aliphatic carbocycles. The van der Waals surface area contributed by atoms with Crippen LogP contribution in [-0.2, 0) is 9.53 Å². The number of anilines is 1. The molecule has 2 rings (SSSR count). The maximum Gasteiger partial charge on any atom is 0.305 e. The molecule has 6 heteroatoms. The lowest BCUT2D eigenvalue weighted by Gasteiger charge is -2.27. The van der Waals surface area contributed by atoms with Gasteiger partial charge in [-0.2, -0.15) is 0 Å². The van der Waals surface area contributed by atoms with Crippen molar-refractivity contribution >= 4 is 39.2 Å². The Morgan fingerprint density at radius 3 is 3.17 bits per heavy atom. The Morgan fingerprint density at radius 2 is 2.44 bits per heavy atom. The van der Waals surface area contributed by atoms with Crippen LogP contribution in [-0.4, -0.2) is 25.7 Å². The Bertz CT molecular complexity index is 467. The van der Waals surface area contributed by atoms with E-state index in [1.165, 1.54) is 7.11 Å². The maximum atomic E-state index is 11.1. The standard InChI is InChI=1S/C12H13BrClNO3/c1-17-12(16)3-2-7-6-15-10-4-8(13)9(14)5-11(10)18-7/h4-5,7,15H,2-3,6H2,1H3. The van der Waals surface area contributed by atoms with Gasteiger partial charge in [0.25, 0.3) is 0 Å². The number of hydrogen-bond donors (Lipinski definition) is 1. The largest absolute Gasteiger partial charge is 0.486 e. The second-order valence-corrected chi connectivity index (χ2v) is 5.26. The number of fused-ring (bicyclic) bond motifs is 1. The van der Waals surface area contributed by atoms with Gasteiger partial charge >= 0.3 is 5.97 Å². The smallest absolute Gasteiger partial charge is 0.305 e. The zero-order valence-corrected chi connectivity index (χ0v) is 12.2. The van der Waals surface area contributed by atoms with Crippen LogP contribution in [0.1, 0.15) is 12.8 Å². The Kier molecular flexibility index (Phi) is 4.35. The number of esters is 1. The Balaban J connectivity index is 2.01. The summed E-state index contributed by atoms with van der Waals surface area (Å²) in [6.07, 6.45) is 0.920.